The van der Waals surface area contributed by atoms with Crippen molar-refractivity contribution in [2.45, 2.75) is 6.92 Å². The Balaban J connectivity index is 2.43. The molecule has 0 unspecified atom stereocenters. The molecule has 0 saturated heterocycles. The van der Waals surface area contributed by atoms with E-state index in [1.165, 1.54) is 0 Å². The molecule has 5 heteroatoms. The van der Waals surface area contributed by atoms with Gasteiger partial charge < -0.3 is 9.14 Å². The molecule has 0 aromatic carbocycles. The summed E-state index contributed by atoms with van der Waals surface area (Å²) in [5, 5.41) is 0. The van der Waals surface area contributed by atoms with Crippen molar-refractivity contribution in [2.24, 2.45) is 0 Å². The Hall–Kier alpha value is -1.36. The summed E-state index contributed by atoms with van der Waals surface area (Å²) in [6.45, 7) is 2.16. The highest BCUT2D eigenvalue weighted by Crippen LogP contribution is 2.16. The van der Waals surface area contributed by atoms with Crippen LogP contribution in [0.2, 0.25) is 0 Å². The summed E-state index contributed by atoms with van der Waals surface area (Å²) in [5.41, 5.74) is 1.44. The van der Waals surface area contributed by atoms with Gasteiger partial charge in [-0.05, 0) is 35.0 Å². The molecule has 78 valence electrons. The van der Waals surface area contributed by atoms with Gasteiger partial charge >= 0.3 is 5.97 Å². The number of carbonyl (C=O) groups excluding carboxylic acids is 1. The molecule has 0 aliphatic heterocycles. The van der Waals surface area contributed by atoms with Crippen LogP contribution in [-0.2, 0) is 4.74 Å². The Morgan fingerprint density at radius 2 is 2.40 bits per heavy atom. The molecule has 15 heavy (non-hydrogen) atoms. The third kappa shape index (κ3) is 1.87. The molecule has 0 atom stereocenters. The first kappa shape index (κ1) is 10.2. The zero-order chi connectivity index (χ0) is 10.8. The van der Waals surface area contributed by atoms with Crippen LogP contribution in [0.1, 0.15) is 17.3 Å². The second kappa shape index (κ2) is 4.02. The number of rotatable bonds is 2. The fourth-order valence-electron chi connectivity index (χ4n) is 1.30. The molecule has 2 aromatic heterocycles. The number of fused-ring (bicyclic) bond motifs is 1. The highest BCUT2D eigenvalue weighted by atomic mass is 79.9. The normalized spacial score (nSPS) is 10.5. The average Bonchev–Trinajstić information content (AvgIpc) is 2.60. The van der Waals surface area contributed by atoms with Crippen molar-refractivity contribution in [1.82, 2.24) is 9.38 Å². The number of hydrogen-bond acceptors (Lipinski definition) is 3. The molecule has 2 aromatic rings. The number of halogens is 1. The molecule has 0 saturated carbocycles. The van der Waals surface area contributed by atoms with Gasteiger partial charge in [0.1, 0.15) is 10.9 Å². The molecule has 0 spiro atoms. The summed E-state index contributed by atoms with van der Waals surface area (Å²) in [7, 11) is 0. The van der Waals surface area contributed by atoms with Gasteiger partial charge in [-0.25, -0.2) is 9.78 Å². The topological polar surface area (TPSA) is 43.6 Å². The molecule has 0 radical (unpaired) electrons. The molecule has 0 fully saturated rings. The van der Waals surface area contributed by atoms with Gasteiger partial charge in [0.05, 0.1) is 17.7 Å². The maximum atomic E-state index is 11.4. The third-order valence-electron chi connectivity index (χ3n) is 2.00. The van der Waals surface area contributed by atoms with Crippen LogP contribution >= 0.6 is 15.9 Å². The quantitative estimate of drug-likeness (QED) is 0.785. The first-order valence-electron chi connectivity index (χ1n) is 4.51. The summed E-state index contributed by atoms with van der Waals surface area (Å²) in [5.74, 6) is -0.316. The van der Waals surface area contributed by atoms with Crippen LogP contribution in [0.4, 0.5) is 0 Å². The zero-order valence-electron chi connectivity index (χ0n) is 8.11. The Morgan fingerprint density at radius 1 is 1.60 bits per heavy atom. The van der Waals surface area contributed by atoms with Gasteiger partial charge in [-0.3, -0.25) is 0 Å². The van der Waals surface area contributed by atoms with Crippen molar-refractivity contribution < 1.29 is 9.53 Å². The Kier molecular flexibility index (Phi) is 2.73. The van der Waals surface area contributed by atoms with Crippen LogP contribution in [0.5, 0.6) is 0 Å². The minimum absolute atomic E-state index is 0.316. The Labute approximate surface area is 95.0 Å². The molecule has 0 amide bonds. The van der Waals surface area contributed by atoms with Crippen LogP contribution < -0.4 is 0 Å². The standard InChI is InChI=1S/C10H9BrN2O2/c1-2-15-10(14)7-3-4-8-9(11)12-6-13(8)5-7/h3-6H,2H2,1H3. The molecule has 2 rings (SSSR count). The molecule has 0 N–H and O–H groups in total. The van der Waals surface area contributed by atoms with Crippen molar-refractivity contribution in [1.29, 1.82) is 0 Å². The van der Waals surface area contributed by atoms with Gasteiger partial charge in [0.25, 0.3) is 0 Å². The van der Waals surface area contributed by atoms with E-state index < -0.39 is 0 Å². The second-order valence-corrected chi connectivity index (χ2v) is 3.72. The predicted molar refractivity (Wildman–Crippen MR) is 58.8 cm³/mol. The smallest absolute Gasteiger partial charge is 0.339 e. The van der Waals surface area contributed by atoms with Crippen LogP contribution in [-0.4, -0.2) is 22.0 Å². The number of hydrogen-bond donors (Lipinski definition) is 0. The van der Waals surface area contributed by atoms with Crippen molar-refractivity contribution in [3.8, 4) is 0 Å². The maximum Gasteiger partial charge on any atom is 0.339 e. The first-order valence-corrected chi connectivity index (χ1v) is 5.31. The second-order valence-electron chi connectivity index (χ2n) is 2.97. The molecule has 4 nitrogen and oxygen atoms in total. The lowest BCUT2D eigenvalue weighted by atomic mass is 10.3. The fraction of sp³-hybridized carbons (Fsp3) is 0.200. The number of aromatic nitrogens is 2. The summed E-state index contributed by atoms with van der Waals surface area (Å²) >= 11 is 3.31. The van der Waals surface area contributed by atoms with Gasteiger partial charge in [0.2, 0.25) is 0 Å². The number of ether oxygens (including phenoxy) is 1. The monoisotopic (exact) mass is 268 g/mol. The zero-order valence-corrected chi connectivity index (χ0v) is 9.69. The van der Waals surface area contributed by atoms with Crippen molar-refractivity contribution >= 4 is 27.4 Å². The van der Waals surface area contributed by atoms with Crippen LogP contribution in [0.3, 0.4) is 0 Å². The van der Waals surface area contributed by atoms with Gasteiger partial charge in [-0.1, -0.05) is 0 Å². The highest BCUT2D eigenvalue weighted by molar-refractivity contribution is 9.10. The van der Waals surface area contributed by atoms with Crippen LogP contribution in [0.25, 0.3) is 5.52 Å². The minimum atomic E-state index is -0.316. The number of pyridine rings is 1. The summed E-state index contributed by atoms with van der Waals surface area (Å²) in [4.78, 5) is 15.5. The molecular weight excluding hydrogens is 260 g/mol. The Morgan fingerprint density at radius 3 is 3.13 bits per heavy atom. The number of esters is 1. The van der Waals surface area contributed by atoms with Gasteiger partial charge in [-0.2, -0.15) is 0 Å². The van der Waals surface area contributed by atoms with Crippen LogP contribution in [0.15, 0.2) is 29.3 Å². The van der Waals surface area contributed by atoms with E-state index in [9.17, 15) is 4.79 Å². The first-order chi connectivity index (χ1) is 7.22. The SMILES string of the molecule is CCOC(=O)c1ccc2c(Br)ncn2c1. The van der Waals surface area contributed by atoms with E-state index in [4.69, 9.17) is 4.74 Å². The van der Waals surface area contributed by atoms with E-state index in [0.29, 0.717) is 12.2 Å². The van der Waals surface area contributed by atoms with Crippen molar-refractivity contribution in [3.63, 3.8) is 0 Å². The summed E-state index contributed by atoms with van der Waals surface area (Å²) in [6, 6.07) is 3.54. The lowest BCUT2D eigenvalue weighted by Gasteiger charge is -2.02. The van der Waals surface area contributed by atoms with Gasteiger partial charge in [-0.15, -0.1) is 0 Å². The van der Waals surface area contributed by atoms with E-state index in [1.807, 2.05) is 6.07 Å². The molecule has 0 aliphatic rings. The highest BCUT2D eigenvalue weighted by Gasteiger charge is 2.08. The van der Waals surface area contributed by atoms with Gasteiger partial charge in [0.15, 0.2) is 0 Å². The van der Waals surface area contributed by atoms with Crippen molar-refractivity contribution in [2.75, 3.05) is 6.61 Å². The molecular formula is C10H9BrN2O2. The minimum Gasteiger partial charge on any atom is -0.462 e. The third-order valence-corrected chi connectivity index (χ3v) is 2.61. The Bertz CT molecular complexity index is 507. The lowest BCUT2D eigenvalue weighted by Crippen LogP contribution is -2.05. The number of imidazole rings is 1. The van der Waals surface area contributed by atoms with E-state index in [1.54, 1.807) is 29.9 Å². The molecule has 2 heterocycles. The van der Waals surface area contributed by atoms with E-state index in [0.717, 1.165) is 10.1 Å². The number of carbonyl (C=O) groups is 1. The van der Waals surface area contributed by atoms with Crippen molar-refractivity contribution in [3.05, 3.63) is 34.8 Å². The predicted octanol–water partition coefficient (Wildman–Crippen LogP) is 2.27. The average molecular weight is 269 g/mol. The van der Waals surface area contributed by atoms with E-state index >= 15 is 0 Å². The van der Waals surface area contributed by atoms with E-state index in [2.05, 4.69) is 20.9 Å². The van der Waals surface area contributed by atoms with Crippen LogP contribution in [0, 0.1) is 0 Å². The maximum absolute atomic E-state index is 11.4. The fourth-order valence-corrected chi connectivity index (χ4v) is 1.73. The van der Waals surface area contributed by atoms with E-state index in [-0.39, 0.29) is 5.97 Å². The summed E-state index contributed by atoms with van der Waals surface area (Å²) < 4.78 is 7.44. The molecule has 0 bridgehead atoms. The lowest BCUT2D eigenvalue weighted by molar-refractivity contribution is 0.0526. The number of nitrogens with zero attached hydrogens (tertiary/aromatic N) is 2. The summed E-state index contributed by atoms with van der Waals surface area (Å²) in [6.07, 6.45) is 3.34. The van der Waals surface area contributed by atoms with Gasteiger partial charge in [0, 0.05) is 6.20 Å². The molecule has 0 aliphatic carbocycles. The largest absolute Gasteiger partial charge is 0.462 e.